The average Bonchev–Trinajstić information content (AvgIpc) is 2.91. The first kappa shape index (κ1) is 15.5. The van der Waals surface area contributed by atoms with Gasteiger partial charge >= 0.3 is 0 Å². The first-order valence-electron chi connectivity index (χ1n) is 6.28. The predicted molar refractivity (Wildman–Crippen MR) is 85.1 cm³/mol. The highest BCUT2D eigenvalue weighted by Crippen LogP contribution is 2.24. The molecule has 2 rings (SSSR count). The summed E-state index contributed by atoms with van der Waals surface area (Å²) in [6.07, 6.45) is 1.10. The Kier molecular flexibility index (Phi) is 4.64. The van der Waals surface area contributed by atoms with Crippen LogP contribution < -0.4 is 10.0 Å². The number of para-hydroxylation sites is 1. The fraction of sp³-hybridized carbons (Fsp3) is 0.214. The molecule has 2 aromatic rings. The van der Waals surface area contributed by atoms with Crippen molar-refractivity contribution in [1.29, 1.82) is 0 Å². The molecule has 1 amide bonds. The maximum atomic E-state index is 12.0. The monoisotopic (exact) mass is 324 g/mol. The van der Waals surface area contributed by atoms with E-state index in [9.17, 15) is 13.2 Å². The lowest BCUT2D eigenvalue weighted by Crippen LogP contribution is -2.26. The summed E-state index contributed by atoms with van der Waals surface area (Å²) in [4.78, 5) is 12.7. The Labute approximate surface area is 128 Å². The van der Waals surface area contributed by atoms with Crippen molar-refractivity contribution >= 4 is 33.0 Å². The third-order valence-corrected chi connectivity index (χ3v) is 4.27. The van der Waals surface area contributed by atoms with Crippen LogP contribution in [0.25, 0.3) is 0 Å². The van der Waals surface area contributed by atoms with Gasteiger partial charge in [0.2, 0.25) is 10.0 Å². The van der Waals surface area contributed by atoms with Crippen LogP contribution in [0.3, 0.4) is 0 Å². The molecule has 21 heavy (non-hydrogen) atoms. The fourth-order valence-corrected chi connectivity index (χ4v) is 3.13. The second kappa shape index (κ2) is 6.28. The van der Waals surface area contributed by atoms with Crippen molar-refractivity contribution in [3.8, 4) is 0 Å². The van der Waals surface area contributed by atoms with E-state index >= 15 is 0 Å². The molecule has 0 bridgehead atoms. The molecule has 5 nitrogen and oxygen atoms in total. The van der Waals surface area contributed by atoms with Gasteiger partial charge < -0.3 is 5.32 Å². The van der Waals surface area contributed by atoms with Crippen LogP contribution in [0.2, 0.25) is 0 Å². The van der Waals surface area contributed by atoms with Crippen LogP contribution in [0.4, 0.5) is 5.69 Å². The second-order valence-corrected chi connectivity index (χ2v) is 7.33. The smallest absolute Gasteiger partial charge is 0.261 e. The minimum Gasteiger partial charge on any atom is -0.345 e. The summed E-state index contributed by atoms with van der Waals surface area (Å²) in [6.45, 7) is 1.81. The molecule has 1 aromatic heterocycles. The molecule has 7 heteroatoms. The molecule has 2 N–H and O–H groups in total. The molecule has 0 aliphatic heterocycles. The van der Waals surface area contributed by atoms with Crippen molar-refractivity contribution in [2.24, 2.45) is 0 Å². The van der Waals surface area contributed by atoms with Gasteiger partial charge in [0, 0.05) is 0 Å². The van der Waals surface area contributed by atoms with E-state index in [1.54, 1.807) is 30.3 Å². The van der Waals surface area contributed by atoms with Crippen LogP contribution in [0, 0.1) is 0 Å². The molecular weight excluding hydrogens is 308 g/mol. The fourth-order valence-electron chi connectivity index (χ4n) is 1.92. The van der Waals surface area contributed by atoms with Crippen LogP contribution in [-0.2, 0) is 10.0 Å². The normalized spacial score (nSPS) is 12.7. The van der Waals surface area contributed by atoms with E-state index in [1.807, 2.05) is 18.4 Å². The van der Waals surface area contributed by atoms with Crippen LogP contribution in [0.5, 0.6) is 0 Å². The highest BCUT2D eigenvalue weighted by molar-refractivity contribution is 7.92. The number of rotatable bonds is 5. The van der Waals surface area contributed by atoms with Gasteiger partial charge in [-0.15, -0.1) is 11.3 Å². The Bertz CT molecular complexity index is 724. The number of anilines is 1. The number of thiophene rings is 1. The average molecular weight is 324 g/mol. The maximum absolute atomic E-state index is 12.0. The maximum Gasteiger partial charge on any atom is 0.261 e. The van der Waals surface area contributed by atoms with E-state index in [-0.39, 0.29) is 11.9 Å². The first-order valence-corrected chi connectivity index (χ1v) is 9.05. The van der Waals surface area contributed by atoms with E-state index in [1.165, 1.54) is 11.3 Å². The summed E-state index contributed by atoms with van der Waals surface area (Å²) in [5.41, 5.74) is 1.19. The topological polar surface area (TPSA) is 75.3 Å². The van der Waals surface area contributed by atoms with Crippen molar-refractivity contribution in [1.82, 2.24) is 5.32 Å². The molecule has 0 saturated heterocycles. The number of sulfonamides is 1. The van der Waals surface area contributed by atoms with Crippen molar-refractivity contribution in [2.45, 2.75) is 13.0 Å². The summed E-state index contributed by atoms with van der Waals surface area (Å²) >= 11 is 1.36. The largest absolute Gasteiger partial charge is 0.345 e. The van der Waals surface area contributed by atoms with E-state index < -0.39 is 10.0 Å². The van der Waals surface area contributed by atoms with Crippen molar-refractivity contribution < 1.29 is 13.2 Å². The zero-order valence-electron chi connectivity index (χ0n) is 11.7. The molecule has 0 saturated carbocycles. The second-order valence-electron chi connectivity index (χ2n) is 4.63. The van der Waals surface area contributed by atoms with Crippen LogP contribution in [0.15, 0.2) is 41.8 Å². The molecule has 1 aromatic carbocycles. The summed E-state index contributed by atoms with van der Waals surface area (Å²) in [6, 6.07) is 10.2. The number of amides is 1. The van der Waals surface area contributed by atoms with Gasteiger partial charge in [0.25, 0.3) is 5.91 Å². The minimum atomic E-state index is -3.37. The third-order valence-electron chi connectivity index (χ3n) is 2.82. The first-order chi connectivity index (χ1) is 9.87. The quantitative estimate of drug-likeness (QED) is 0.888. The Morgan fingerprint density at radius 2 is 1.90 bits per heavy atom. The lowest BCUT2D eigenvalue weighted by molar-refractivity contribution is 0.0944. The number of carbonyl (C=O) groups excluding carboxylic acids is 1. The summed E-state index contributed by atoms with van der Waals surface area (Å²) in [7, 11) is -3.37. The van der Waals surface area contributed by atoms with Gasteiger partial charge in [-0.05, 0) is 30.0 Å². The number of nitrogens with one attached hydrogen (secondary N) is 2. The molecule has 0 aliphatic rings. The zero-order chi connectivity index (χ0) is 15.5. The third kappa shape index (κ3) is 4.30. The van der Waals surface area contributed by atoms with Crippen LogP contribution in [0.1, 0.15) is 28.2 Å². The van der Waals surface area contributed by atoms with Crippen molar-refractivity contribution in [2.75, 3.05) is 11.0 Å². The molecule has 1 atom stereocenters. The van der Waals surface area contributed by atoms with Gasteiger partial charge in [0.15, 0.2) is 0 Å². The van der Waals surface area contributed by atoms with E-state index in [2.05, 4.69) is 10.0 Å². The number of benzene rings is 1. The van der Waals surface area contributed by atoms with E-state index in [0.29, 0.717) is 16.1 Å². The lowest BCUT2D eigenvalue weighted by atomic mass is 10.1. The summed E-state index contributed by atoms with van der Waals surface area (Å²) in [5, 5.41) is 4.69. The highest BCUT2D eigenvalue weighted by Gasteiger charge is 2.16. The van der Waals surface area contributed by atoms with Gasteiger partial charge in [-0.1, -0.05) is 24.3 Å². The lowest BCUT2D eigenvalue weighted by Gasteiger charge is -2.18. The van der Waals surface area contributed by atoms with Gasteiger partial charge in [0.05, 0.1) is 22.9 Å². The van der Waals surface area contributed by atoms with Gasteiger partial charge in [-0.2, -0.15) is 0 Å². The zero-order valence-corrected chi connectivity index (χ0v) is 13.3. The predicted octanol–water partition coefficient (Wildman–Crippen LogP) is 2.61. The molecule has 0 aliphatic carbocycles. The Morgan fingerprint density at radius 3 is 2.52 bits per heavy atom. The van der Waals surface area contributed by atoms with Crippen molar-refractivity contribution in [3.63, 3.8) is 0 Å². The van der Waals surface area contributed by atoms with Gasteiger partial charge in [0.1, 0.15) is 0 Å². The van der Waals surface area contributed by atoms with Gasteiger partial charge in [-0.25, -0.2) is 8.42 Å². The van der Waals surface area contributed by atoms with Crippen molar-refractivity contribution in [3.05, 3.63) is 52.2 Å². The minimum absolute atomic E-state index is 0.174. The molecule has 1 heterocycles. The molecule has 112 valence electrons. The Balaban J connectivity index is 2.19. The molecule has 0 unspecified atom stereocenters. The summed E-state index contributed by atoms with van der Waals surface area (Å²) in [5.74, 6) is -0.174. The standard InChI is InChI=1S/C14H16N2O3S2/c1-10(15-14(17)13-8-5-9-20-13)11-6-3-4-7-12(11)16-21(2,18)19/h3-10,16H,1-2H3,(H,15,17)/t10-/m0/s1. The highest BCUT2D eigenvalue weighted by atomic mass is 32.2. The Morgan fingerprint density at radius 1 is 1.19 bits per heavy atom. The molecule has 0 radical (unpaired) electrons. The van der Waals surface area contributed by atoms with E-state index in [4.69, 9.17) is 0 Å². The number of carbonyl (C=O) groups is 1. The molecule has 0 fully saturated rings. The number of hydrogen-bond donors (Lipinski definition) is 2. The SMILES string of the molecule is C[C@H](NC(=O)c1cccs1)c1ccccc1NS(C)(=O)=O. The van der Waals surface area contributed by atoms with E-state index in [0.717, 1.165) is 6.26 Å². The Hall–Kier alpha value is -1.86. The molecule has 0 spiro atoms. The van der Waals surface area contributed by atoms with Crippen LogP contribution >= 0.6 is 11.3 Å². The molecular formula is C14H16N2O3S2. The van der Waals surface area contributed by atoms with Crippen LogP contribution in [-0.4, -0.2) is 20.6 Å². The number of hydrogen-bond acceptors (Lipinski definition) is 4. The summed E-state index contributed by atoms with van der Waals surface area (Å²) < 4.78 is 25.2. The van der Waals surface area contributed by atoms with Gasteiger partial charge in [-0.3, -0.25) is 9.52 Å².